The molecule has 1 aliphatic heterocycles. The van der Waals surface area contributed by atoms with E-state index >= 15 is 0 Å². The molecule has 0 unspecified atom stereocenters. The van der Waals surface area contributed by atoms with Crippen molar-refractivity contribution in [2.45, 2.75) is 64.8 Å². The molecule has 0 radical (unpaired) electrons. The summed E-state index contributed by atoms with van der Waals surface area (Å²) in [7, 11) is 5.10. The van der Waals surface area contributed by atoms with Gasteiger partial charge in [0, 0.05) is 44.1 Å². The first-order valence-corrected chi connectivity index (χ1v) is 11.8. The lowest BCUT2D eigenvalue weighted by atomic mass is 9.84. The van der Waals surface area contributed by atoms with Crippen LogP contribution >= 0.6 is 24.0 Å². The predicted octanol–water partition coefficient (Wildman–Crippen LogP) is 4.19. The molecule has 2 rings (SSSR count). The topological polar surface area (TPSA) is 75.2 Å². The number of amides is 1. The van der Waals surface area contributed by atoms with Crippen LogP contribution in [-0.4, -0.2) is 63.7 Å². The molecule has 0 atom stereocenters. The molecular formula is C25H43IN4O3. The van der Waals surface area contributed by atoms with E-state index in [1.165, 1.54) is 0 Å². The number of likely N-dealkylation sites (tertiary alicyclic amines) is 1. The summed E-state index contributed by atoms with van der Waals surface area (Å²) in [5, 5.41) is 7.02. The molecule has 0 aliphatic carbocycles. The molecule has 0 aromatic heterocycles. The van der Waals surface area contributed by atoms with Crippen LogP contribution in [0, 0.1) is 5.92 Å². The van der Waals surface area contributed by atoms with Gasteiger partial charge in [-0.25, -0.2) is 0 Å². The number of piperidine rings is 1. The molecule has 33 heavy (non-hydrogen) atoms. The standard InChI is InChI=1S/C25H42N4O3.HI/c1-8-18(9-2)23(30)29-14-12-20(13-15-29)28-24(26-5)27-17-25(3,4)19-10-11-21(31-6)22(16-19)32-7;/h10-11,16,18,20H,8-9,12-15,17H2,1-7H3,(H2,26,27,28);1H. The highest BCUT2D eigenvalue weighted by molar-refractivity contribution is 14.0. The Kier molecular flexibility index (Phi) is 12.3. The molecule has 1 aromatic carbocycles. The van der Waals surface area contributed by atoms with Crippen molar-refractivity contribution in [3.05, 3.63) is 23.8 Å². The lowest BCUT2D eigenvalue weighted by Crippen LogP contribution is -2.51. The van der Waals surface area contributed by atoms with Gasteiger partial charge in [-0.05, 0) is 43.4 Å². The van der Waals surface area contributed by atoms with E-state index in [4.69, 9.17) is 9.47 Å². The minimum atomic E-state index is -0.137. The number of carbonyl (C=O) groups excluding carboxylic acids is 1. The number of hydrogen-bond acceptors (Lipinski definition) is 4. The fourth-order valence-corrected chi connectivity index (χ4v) is 4.19. The van der Waals surface area contributed by atoms with Gasteiger partial charge in [-0.15, -0.1) is 24.0 Å². The number of aliphatic imine (C=N–C) groups is 1. The molecule has 0 bridgehead atoms. The van der Waals surface area contributed by atoms with Gasteiger partial charge in [-0.1, -0.05) is 33.8 Å². The Labute approximate surface area is 217 Å². The summed E-state index contributed by atoms with van der Waals surface area (Å²) in [4.78, 5) is 19.1. The third-order valence-corrected chi connectivity index (χ3v) is 6.57. The maximum Gasteiger partial charge on any atom is 0.225 e. The first kappa shape index (κ1) is 29.3. The number of nitrogens with one attached hydrogen (secondary N) is 2. The Bertz CT molecular complexity index is 773. The van der Waals surface area contributed by atoms with Crippen molar-refractivity contribution in [3.8, 4) is 11.5 Å². The van der Waals surface area contributed by atoms with Crippen molar-refractivity contribution in [2.24, 2.45) is 10.9 Å². The van der Waals surface area contributed by atoms with E-state index in [1.54, 1.807) is 21.3 Å². The van der Waals surface area contributed by atoms with Crippen molar-refractivity contribution >= 4 is 35.8 Å². The molecule has 8 heteroatoms. The normalized spacial score (nSPS) is 15.2. The Balaban J connectivity index is 0.00000544. The highest BCUT2D eigenvalue weighted by atomic mass is 127. The lowest BCUT2D eigenvalue weighted by molar-refractivity contribution is -0.136. The van der Waals surface area contributed by atoms with Crippen molar-refractivity contribution in [2.75, 3.05) is 40.9 Å². The van der Waals surface area contributed by atoms with Crippen LogP contribution in [0.15, 0.2) is 23.2 Å². The van der Waals surface area contributed by atoms with E-state index in [0.29, 0.717) is 18.5 Å². The molecule has 1 heterocycles. The van der Waals surface area contributed by atoms with Crippen LogP contribution in [0.25, 0.3) is 0 Å². The van der Waals surface area contributed by atoms with Crippen LogP contribution in [0.1, 0.15) is 58.9 Å². The number of hydrogen-bond donors (Lipinski definition) is 2. The molecular weight excluding hydrogens is 531 g/mol. The molecule has 0 spiro atoms. The number of halogens is 1. The quantitative estimate of drug-likeness (QED) is 0.263. The Hall–Kier alpha value is -1.71. The van der Waals surface area contributed by atoms with Crippen molar-refractivity contribution in [1.82, 2.24) is 15.5 Å². The zero-order valence-corrected chi connectivity index (χ0v) is 23.7. The minimum Gasteiger partial charge on any atom is -0.493 e. The first-order valence-electron chi connectivity index (χ1n) is 11.8. The SMILES string of the molecule is CCC(CC)C(=O)N1CCC(NC(=NC)NCC(C)(C)c2ccc(OC)c(OC)c2)CC1.I. The van der Waals surface area contributed by atoms with Gasteiger partial charge in [0.1, 0.15) is 0 Å². The van der Waals surface area contributed by atoms with Gasteiger partial charge >= 0.3 is 0 Å². The van der Waals surface area contributed by atoms with Gasteiger partial charge in [0.2, 0.25) is 5.91 Å². The number of rotatable bonds is 9. The van der Waals surface area contributed by atoms with Crippen LogP contribution in [0.5, 0.6) is 11.5 Å². The number of carbonyl (C=O) groups is 1. The number of guanidine groups is 1. The Morgan fingerprint density at radius 2 is 1.76 bits per heavy atom. The monoisotopic (exact) mass is 574 g/mol. The highest BCUT2D eigenvalue weighted by Crippen LogP contribution is 2.32. The van der Waals surface area contributed by atoms with Gasteiger partial charge in [0.15, 0.2) is 17.5 Å². The average molecular weight is 575 g/mol. The van der Waals surface area contributed by atoms with Crippen molar-refractivity contribution in [1.29, 1.82) is 0 Å². The molecule has 2 N–H and O–H groups in total. The third kappa shape index (κ3) is 7.93. The van der Waals surface area contributed by atoms with Gasteiger partial charge in [-0.3, -0.25) is 9.79 Å². The van der Waals surface area contributed by atoms with Crippen LogP contribution < -0.4 is 20.1 Å². The second-order valence-corrected chi connectivity index (χ2v) is 9.14. The highest BCUT2D eigenvalue weighted by Gasteiger charge is 2.27. The van der Waals surface area contributed by atoms with E-state index in [0.717, 1.165) is 61.8 Å². The van der Waals surface area contributed by atoms with E-state index in [1.807, 2.05) is 17.0 Å². The van der Waals surface area contributed by atoms with Gasteiger partial charge in [-0.2, -0.15) is 0 Å². The van der Waals surface area contributed by atoms with Gasteiger partial charge in [0.25, 0.3) is 0 Å². The summed E-state index contributed by atoms with van der Waals surface area (Å²) in [5.41, 5.74) is 1.02. The summed E-state index contributed by atoms with van der Waals surface area (Å²) in [5.74, 6) is 2.73. The zero-order chi connectivity index (χ0) is 23.7. The fourth-order valence-electron chi connectivity index (χ4n) is 4.19. The lowest BCUT2D eigenvalue weighted by Gasteiger charge is -2.35. The Morgan fingerprint density at radius 1 is 1.15 bits per heavy atom. The number of ether oxygens (including phenoxy) is 2. The predicted molar refractivity (Wildman–Crippen MR) is 146 cm³/mol. The largest absolute Gasteiger partial charge is 0.493 e. The third-order valence-electron chi connectivity index (χ3n) is 6.57. The first-order chi connectivity index (χ1) is 15.3. The summed E-state index contributed by atoms with van der Waals surface area (Å²) in [6.45, 7) is 10.9. The summed E-state index contributed by atoms with van der Waals surface area (Å²) >= 11 is 0. The van der Waals surface area contributed by atoms with E-state index in [2.05, 4.69) is 49.4 Å². The molecule has 7 nitrogen and oxygen atoms in total. The van der Waals surface area contributed by atoms with Crippen LogP contribution in [0.2, 0.25) is 0 Å². The maximum absolute atomic E-state index is 12.6. The summed E-state index contributed by atoms with van der Waals surface area (Å²) in [6, 6.07) is 6.37. The van der Waals surface area contributed by atoms with Gasteiger partial charge in [0.05, 0.1) is 14.2 Å². The van der Waals surface area contributed by atoms with Crippen LogP contribution in [0.4, 0.5) is 0 Å². The minimum absolute atomic E-state index is 0. The molecule has 1 saturated heterocycles. The maximum atomic E-state index is 12.6. The summed E-state index contributed by atoms with van der Waals surface area (Å²) in [6.07, 6.45) is 3.71. The number of methoxy groups -OCH3 is 2. The Morgan fingerprint density at radius 3 is 2.27 bits per heavy atom. The zero-order valence-electron chi connectivity index (χ0n) is 21.4. The molecule has 188 valence electrons. The summed E-state index contributed by atoms with van der Waals surface area (Å²) < 4.78 is 10.8. The van der Waals surface area contributed by atoms with Crippen LogP contribution in [-0.2, 0) is 10.2 Å². The van der Waals surface area contributed by atoms with Gasteiger partial charge < -0.3 is 25.0 Å². The second-order valence-electron chi connectivity index (χ2n) is 9.14. The molecule has 0 saturated carbocycles. The van der Waals surface area contributed by atoms with E-state index < -0.39 is 0 Å². The second kappa shape index (κ2) is 13.9. The molecule has 1 aliphatic rings. The van der Waals surface area contributed by atoms with Crippen molar-refractivity contribution in [3.63, 3.8) is 0 Å². The number of benzene rings is 1. The van der Waals surface area contributed by atoms with E-state index in [9.17, 15) is 4.79 Å². The number of nitrogens with zero attached hydrogens (tertiary/aromatic N) is 2. The van der Waals surface area contributed by atoms with E-state index in [-0.39, 0.29) is 35.3 Å². The van der Waals surface area contributed by atoms with Crippen LogP contribution in [0.3, 0.4) is 0 Å². The molecule has 1 amide bonds. The fraction of sp³-hybridized carbons (Fsp3) is 0.680. The molecule has 1 fully saturated rings. The van der Waals surface area contributed by atoms with Crippen molar-refractivity contribution < 1.29 is 14.3 Å². The average Bonchev–Trinajstić information content (AvgIpc) is 2.82. The smallest absolute Gasteiger partial charge is 0.225 e. The molecule has 1 aromatic rings.